The van der Waals surface area contributed by atoms with Gasteiger partial charge in [0.1, 0.15) is 5.01 Å². The predicted octanol–water partition coefficient (Wildman–Crippen LogP) is 2.75. The zero-order chi connectivity index (χ0) is 18.1. The summed E-state index contributed by atoms with van der Waals surface area (Å²) in [6.07, 6.45) is 4.14. The van der Waals surface area contributed by atoms with Crippen LogP contribution in [0.2, 0.25) is 0 Å². The van der Waals surface area contributed by atoms with Gasteiger partial charge in [0.2, 0.25) is 5.13 Å². The fourth-order valence-electron chi connectivity index (χ4n) is 3.29. The van der Waals surface area contributed by atoms with Crippen molar-refractivity contribution in [3.63, 3.8) is 0 Å². The zero-order valence-corrected chi connectivity index (χ0v) is 16.4. The van der Waals surface area contributed by atoms with E-state index in [1.165, 1.54) is 11.3 Å². The number of hydrogen-bond donors (Lipinski definition) is 2. The Morgan fingerprint density at radius 1 is 1.24 bits per heavy atom. The van der Waals surface area contributed by atoms with Crippen LogP contribution in [0.1, 0.15) is 45.0 Å². The van der Waals surface area contributed by atoms with Gasteiger partial charge in [0.05, 0.1) is 13.2 Å². The summed E-state index contributed by atoms with van der Waals surface area (Å²) in [6, 6.07) is 0.137. The van der Waals surface area contributed by atoms with Crippen LogP contribution in [0.15, 0.2) is 0 Å². The summed E-state index contributed by atoms with van der Waals surface area (Å²) < 4.78 is 5.47. The number of urea groups is 1. The maximum absolute atomic E-state index is 12.2. The van der Waals surface area contributed by atoms with Crippen LogP contribution in [0, 0.1) is 5.92 Å². The van der Waals surface area contributed by atoms with Crippen molar-refractivity contribution in [1.82, 2.24) is 20.4 Å². The van der Waals surface area contributed by atoms with Gasteiger partial charge in [-0.15, -0.1) is 10.2 Å². The van der Waals surface area contributed by atoms with Gasteiger partial charge in [-0.05, 0) is 12.3 Å². The number of morpholine rings is 1. The summed E-state index contributed by atoms with van der Waals surface area (Å²) in [6.45, 7) is 10.6. The van der Waals surface area contributed by atoms with Crippen molar-refractivity contribution in [3.05, 3.63) is 5.01 Å². The van der Waals surface area contributed by atoms with E-state index in [2.05, 4.69) is 46.5 Å². The molecule has 1 aromatic rings. The SMILES string of the molecule is CCCc1nnc(NC(=O)NCC(C(CC)CC)N2CCOCC2)s1. The second-order valence-corrected chi connectivity index (χ2v) is 7.44. The highest BCUT2D eigenvalue weighted by molar-refractivity contribution is 7.15. The molecule has 1 fully saturated rings. The molecule has 1 aliphatic heterocycles. The molecular formula is C17H31N5O2S. The lowest BCUT2D eigenvalue weighted by molar-refractivity contribution is 0.00247. The van der Waals surface area contributed by atoms with Crippen LogP contribution in [0.5, 0.6) is 0 Å². The van der Waals surface area contributed by atoms with Crippen molar-refractivity contribution in [2.75, 3.05) is 38.2 Å². The van der Waals surface area contributed by atoms with Crippen LogP contribution >= 0.6 is 11.3 Å². The van der Waals surface area contributed by atoms with Gasteiger partial charge in [0, 0.05) is 32.1 Å². The molecule has 1 aromatic heterocycles. The first-order chi connectivity index (χ1) is 12.2. The van der Waals surface area contributed by atoms with Crippen LogP contribution in [-0.4, -0.2) is 60.0 Å². The standard InChI is InChI=1S/C17H31N5O2S/c1-4-7-15-20-21-17(25-15)19-16(23)18-12-14(13(5-2)6-3)22-8-10-24-11-9-22/h13-14H,4-12H2,1-3H3,(H2,18,19,21,23). The molecule has 0 aliphatic carbocycles. The van der Waals surface area contributed by atoms with Gasteiger partial charge in [0.15, 0.2) is 0 Å². The highest BCUT2D eigenvalue weighted by Crippen LogP contribution is 2.20. The molecule has 2 amide bonds. The smallest absolute Gasteiger partial charge is 0.321 e. The van der Waals surface area contributed by atoms with E-state index < -0.39 is 0 Å². The highest BCUT2D eigenvalue weighted by atomic mass is 32.1. The minimum atomic E-state index is -0.205. The molecule has 2 rings (SSSR count). The first-order valence-electron chi connectivity index (χ1n) is 9.36. The number of hydrogen-bond acceptors (Lipinski definition) is 6. The molecule has 2 heterocycles. The number of anilines is 1. The van der Waals surface area contributed by atoms with Crippen LogP contribution in [0.3, 0.4) is 0 Å². The van der Waals surface area contributed by atoms with E-state index in [0.29, 0.717) is 23.6 Å². The fourth-order valence-corrected chi connectivity index (χ4v) is 4.13. The molecular weight excluding hydrogens is 338 g/mol. The molecule has 0 radical (unpaired) electrons. The minimum Gasteiger partial charge on any atom is -0.379 e. The van der Waals surface area contributed by atoms with E-state index in [0.717, 1.165) is 57.0 Å². The number of carbonyl (C=O) groups excluding carboxylic acids is 1. The Kier molecular flexibility index (Phi) is 8.57. The summed E-state index contributed by atoms with van der Waals surface area (Å²) in [4.78, 5) is 14.7. The molecule has 0 aromatic carbocycles. The van der Waals surface area contributed by atoms with Gasteiger partial charge >= 0.3 is 6.03 Å². The number of aromatic nitrogens is 2. The zero-order valence-electron chi connectivity index (χ0n) is 15.6. The lowest BCUT2D eigenvalue weighted by atomic mass is 9.92. The number of amides is 2. The van der Waals surface area contributed by atoms with Crippen molar-refractivity contribution in [3.8, 4) is 0 Å². The Hall–Kier alpha value is -1.25. The lowest BCUT2D eigenvalue weighted by Gasteiger charge is -2.38. The van der Waals surface area contributed by atoms with Crippen molar-refractivity contribution in [2.24, 2.45) is 5.92 Å². The molecule has 0 spiro atoms. The monoisotopic (exact) mass is 369 g/mol. The van der Waals surface area contributed by atoms with Crippen molar-refractivity contribution in [2.45, 2.75) is 52.5 Å². The van der Waals surface area contributed by atoms with Gasteiger partial charge in [-0.1, -0.05) is 44.9 Å². The number of nitrogens with zero attached hydrogens (tertiary/aromatic N) is 3. The van der Waals surface area contributed by atoms with E-state index in [1.807, 2.05) is 0 Å². The van der Waals surface area contributed by atoms with E-state index >= 15 is 0 Å². The maximum Gasteiger partial charge on any atom is 0.321 e. The summed E-state index contributed by atoms with van der Waals surface area (Å²) >= 11 is 1.44. The second kappa shape index (κ2) is 10.7. The number of nitrogens with one attached hydrogen (secondary N) is 2. The third kappa shape index (κ3) is 6.20. The number of aryl methyl sites for hydroxylation is 1. The Morgan fingerprint density at radius 2 is 1.96 bits per heavy atom. The van der Waals surface area contributed by atoms with Gasteiger partial charge in [-0.2, -0.15) is 0 Å². The first-order valence-corrected chi connectivity index (χ1v) is 10.2. The largest absolute Gasteiger partial charge is 0.379 e. The Bertz CT molecular complexity index is 515. The molecule has 0 saturated carbocycles. The Labute approximate surface area is 154 Å². The third-order valence-electron chi connectivity index (χ3n) is 4.73. The molecule has 1 aliphatic rings. The second-order valence-electron chi connectivity index (χ2n) is 6.38. The lowest BCUT2D eigenvalue weighted by Crippen LogP contribution is -2.52. The Morgan fingerprint density at radius 3 is 2.60 bits per heavy atom. The molecule has 7 nitrogen and oxygen atoms in total. The molecule has 2 N–H and O–H groups in total. The summed E-state index contributed by atoms with van der Waals surface area (Å²) in [5.41, 5.74) is 0. The van der Waals surface area contributed by atoms with Crippen molar-refractivity contribution in [1.29, 1.82) is 0 Å². The number of carbonyl (C=O) groups is 1. The average Bonchev–Trinajstić information content (AvgIpc) is 3.06. The average molecular weight is 370 g/mol. The summed E-state index contributed by atoms with van der Waals surface area (Å²) in [5.74, 6) is 0.566. The van der Waals surface area contributed by atoms with Crippen LogP contribution in [0.4, 0.5) is 9.93 Å². The van der Waals surface area contributed by atoms with Crippen molar-refractivity contribution >= 4 is 22.5 Å². The molecule has 1 unspecified atom stereocenters. The van der Waals surface area contributed by atoms with Gasteiger partial charge < -0.3 is 10.1 Å². The van der Waals surface area contributed by atoms with Gasteiger partial charge in [-0.25, -0.2) is 4.79 Å². The summed E-state index contributed by atoms with van der Waals surface area (Å²) in [5, 5.41) is 15.5. The number of rotatable bonds is 9. The molecule has 0 bridgehead atoms. The quantitative estimate of drug-likeness (QED) is 0.700. The fraction of sp³-hybridized carbons (Fsp3) is 0.824. The molecule has 142 valence electrons. The van der Waals surface area contributed by atoms with Gasteiger partial charge in [-0.3, -0.25) is 10.2 Å². The van der Waals surface area contributed by atoms with E-state index in [1.54, 1.807) is 0 Å². The van der Waals surface area contributed by atoms with Crippen LogP contribution in [0.25, 0.3) is 0 Å². The van der Waals surface area contributed by atoms with Gasteiger partial charge in [0.25, 0.3) is 0 Å². The summed E-state index contributed by atoms with van der Waals surface area (Å²) in [7, 11) is 0. The van der Waals surface area contributed by atoms with E-state index in [-0.39, 0.29) is 6.03 Å². The van der Waals surface area contributed by atoms with Crippen LogP contribution in [-0.2, 0) is 11.2 Å². The maximum atomic E-state index is 12.2. The molecule has 25 heavy (non-hydrogen) atoms. The van der Waals surface area contributed by atoms with Crippen LogP contribution < -0.4 is 10.6 Å². The van der Waals surface area contributed by atoms with E-state index in [4.69, 9.17) is 4.74 Å². The highest BCUT2D eigenvalue weighted by Gasteiger charge is 2.27. The molecule has 1 saturated heterocycles. The normalized spacial score (nSPS) is 16.8. The minimum absolute atomic E-state index is 0.205. The van der Waals surface area contributed by atoms with Crippen molar-refractivity contribution < 1.29 is 9.53 Å². The van der Waals surface area contributed by atoms with E-state index in [9.17, 15) is 4.79 Å². The molecule has 8 heteroatoms. The topological polar surface area (TPSA) is 79.4 Å². The molecule has 1 atom stereocenters. The first kappa shape index (κ1) is 20.1. The predicted molar refractivity (Wildman–Crippen MR) is 101 cm³/mol. The number of ether oxygens (including phenoxy) is 1. The Balaban J connectivity index is 1.88. The third-order valence-corrected chi connectivity index (χ3v) is 5.63.